The highest BCUT2D eigenvalue weighted by Crippen LogP contribution is 2.31. The number of nitrogens with zero attached hydrogens (tertiary/aromatic N) is 4. The smallest absolute Gasteiger partial charge is 0.239 e. The zero-order chi connectivity index (χ0) is 16.2. The molecule has 0 radical (unpaired) electrons. The summed E-state index contributed by atoms with van der Waals surface area (Å²) < 4.78 is 6.91. The van der Waals surface area contributed by atoms with E-state index in [0.717, 1.165) is 16.8 Å². The molecule has 0 aliphatic heterocycles. The van der Waals surface area contributed by atoms with Gasteiger partial charge in [-0.2, -0.15) is 5.10 Å². The number of hydrogen-bond acceptors (Lipinski definition) is 5. The topological polar surface area (TPSA) is 85.8 Å². The fourth-order valence-corrected chi connectivity index (χ4v) is 2.33. The molecule has 23 heavy (non-hydrogen) atoms. The van der Waals surface area contributed by atoms with Crippen molar-refractivity contribution in [2.45, 2.75) is 20.4 Å². The van der Waals surface area contributed by atoms with Crippen LogP contribution in [0.4, 0.5) is 5.88 Å². The largest absolute Gasteiger partial charge is 0.337 e. The molecular formula is C16H17N5O2. The van der Waals surface area contributed by atoms with Gasteiger partial charge in [0, 0.05) is 0 Å². The molecule has 2 heterocycles. The lowest BCUT2D eigenvalue weighted by Crippen LogP contribution is -2.24. The van der Waals surface area contributed by atoms with Crippen molar-refractivity contribution < 1.29 is 9.32 Å². The van der Waals surface area contributed by atoms with E-state index in [1.54, 1.807) is 11.0 Å². The van der Waals surface area contributed by atoms with E-state index in [4.69, 9.17) is 4.52 Å². The maximum atomic E-state index is 12.4. The number of hydrogen-bond donors (Lipinski definition) is 1. The molecular weight excluding hydrogens is 294 g/mol. The van der Waals surface area contributed by atoms with Crippen LogP contribution in [0.15, 0.2) is 47.5 Å². The number of carbonyl (C=O) groups excluding carboxylic acids is 1. The second-order valence-corrected chi connectivity index (χ2v) is 5.35. The van der Waals surface area contributed by atoms with Gasteiger partial charge in [-0.15, -0.1) is 0 Å². The van der Waals surface area contributed by atoms with Gasteiger partial charge in [0.05, 0.1) is 23.7 Å². The number of rotatable bonds is 5. The van der Waals surface area contributed by atoms with Crippen LogP contribution in [-0.2, 0) is 11.3 Å². The molecule has 0 fully saturated rings. The number of aromatic nitrogens is 4. The molecule has 0 aliphatic carbocycles. The van der Waals surface area contributed by atoms with Crippen molar-refractivity contribution in [1.82, 2.24) is 19.9 Å². The van der Waals surface area contributed by atoms with Crippen LogP contribution in [-0.4, -0.2) is 25.8 Å². The van der Waals surface area contributed by atoms with Crippen molar-refractivity contribution in [3.63, 3.8) is 0 Å². The Bertz CT molecular complexity index is 780. The zero-order valence-corrected chi connectivity index (χ0v) is 12.9. The van der Waals surface area contributed by atoms with E-state index < -0.39 is 0 Å². The van der Waals surface area contributed by atoms with Crippen LogP contribution < -0.4 is 5.32 Å². The van der Waals surface area contributed by atoms with Crippen LogP contribution in [0.1, 0.15) is 12.6 Å². The average Bonchev–Trinajstić information content (AvgIpc) is 3.18. The van der Waals surface area contributed by atoms with Gasteiger partial charge in [0.25, 0.3) is 0 Å². The fraction of sp³-hybridized carbons (Fsp3) is 0.250. The van der Waals surface area contributed by atoms with Crippen molar-refractivity contribution in [3.8, 4) is 11.1 Å². The Balaban J connectivity index is 1.77. The minimum atomic E-state index is -0.286. The van der Waals surface area contributed by atoms with Gasteiger partial charge in [0.1, 0.15) is 12.7 Å². The second kappa shape index (κ2) is 6.43. The van der Waals surface area contributed by atoms with E-state index in [9.17, 15) is 4.79 Å². The van der Waals surface area contributed by atoms with E-state index in [1.165, 1.54) is 6.33 Å². The molecule has 0 spiro atoms. The zero-order valence-electron chi connectivity index (χ0n) is 12.9. The molecule has 0 unspecified atom stereocenters. The molecule has 1 amide bonds. The Labute approximate surface area is 133 Å². The maximum absolute atomic E-state index is 12.4. The molecule has 3 aromatic rings. The molecule has 0 aliphatic rings. The standard InChI is InChI=1S/C16H17N5O2/c1-11(8-21-10-17-9-18-21)15(22)19-16-14(12(2)20-23-16)13-6-4-3-5-7-13/h3-7,9-11H,8H2,1-2H3,(H,19,22)/t11-/m0/s1. The first-order chi connectivity index (χ1) is 11.1. The molecule has 118 valence electrons. The van der Waals surface area contributed by atoms with Crippen LogP contribution in [0.25, 0.3) is 11.1 Å². The Kier molecular flexibility index (Phi) is 4.18. The van der Waals surface area contributed by atoms with Crippen molar-refractivity contribution >= 4 is 11.8 Å². The maximum Gasteiger partial charge on any atom is 0.239 e. The van der Waals surface area contributed by atoms with Crippen molar-refractivity contribution in [1.29, 1.82) is 0 Å². The highest BCUT2D eigenvalue weighted by Gasteiger charge is 2.20. The lowest BCUT2D eigenvalue weighted by molar-refractivity contribution is -0.119. The predicted octanol–water partition coefficient (Wildman–Crippen LogP) is 2.52. The van der Waals surface area contributed by atoms with Gasteiger partial charge in [-0.25, -0.2) is 4.98 Å². The molecule has 7 nitrogen and oxygen atoms in total. The summed E-state index contributed by atoms with van der Waals surface area (Å²) in [5, 5.41) is 10.8. The number of benzene rings is 1. The molecule has 7 heteroatoms. The van der Waals surface area contributed by atoms with E-state index >= 15 is 0 Å². The van der Waals surface area contributed by atoms with Gasteiger partial charge in [0.15, 0.2) is 0 Å². The summed E-state index contributed by atoms with van der Waals surface area (Å²) in [5.74, 6) is -0.0799. The average molecular weight is 311 g/mol. The van der Waals surface area contributed by atoms with Crippen LogP contribution in [0, 0.1) is 12.8 Å². The molecule has 3 rings (SSSR count). The summed E-state index contributed by atoms with van der Waals surface area (Å²) in [6, 6.07) is 9.70. The number of amides is 1. The highest BCUT2D eigenvalue weighted by atomic mass is 16.5. The number of nitrogens with one attached hydrogen (secondary N) is 1. The normalized spacial score (nSPS) is 12.1. The molecule has 0 bridgehead atoms. The lowest BCUT2D eigenvalue weighted by Gasteiger charge is -2.11. The molecule has 1 aromatic carbocycles. The molecule has 0 saturated heterocycles. The van der Waals surface area contributed by atoms with Crippen molar-refractivity contribution in [2.24, 2.45) is 5.92 Å². The molecule has 1 N–H and O–H groups in total. The first-order valence-corrected chi connectivity index (χ1v) is 7.30. The third-order valence-electron chi connectivity index (χ3n) is 3.54. The van der Waals surface area contributed by atoms with Gasteiger partial charge in [-0.3, -0.25) is 14.8 Å². The van der Waals surface area contributed by atoms with Crippen LogP contribution >= 0.6 is 0 Å². The lowest BCUT2D eigenvalue weighted by atomic mass is 10.1. The van der Waals surface area contributed by atoms with E-state index in [-0.39, 0.29) is 11.8 Å². The van der Waals surface area contributed by atoms with Crippen LogP contribution in [0.2, 0.25) is 0 Å². The molecule has 2 aromatic heterocycles. The van der Waals surface area contributed by atoms with Crippen molar-refractivity contribution in [3.05, 3.63) is 48.7 Å². The minimum absolute atomic E-state index is 0.158. The van der Waals surface area contributed by atoms with E-state index in [2.05, 4.69) is 20.6 Å². The second-order valence-electron chi connectivity index (χ2n) is 5.35. The SMILES string of the molecule is Cc1noc(NC(=O)[C@@H](C)Cn2cncn2)c1-c1ccccc1. The Morgan fingerprint density at radius 1 is 1.35 bits per heavy atom. The third kappa shape index (κ3) is 3.28. The van der Waals surface area contributed by atoms with Gasteiger partial charge in [0.2, 0.25) is 11.8 Å². The fourth-order valence-electron chi connectivity index (χ4n) is 2.33. The minimum Gasteiger partial charge on any atom is -0.337 e. The highest BCUT2D eigenvalue weighted by molar-refractivity contribution is 5.95. The molecule has 1 atom stereocenters. The third-order valence-corrected chi connectivity index (χ3v) is 3.54. The summed E-state index contributed by atoms with van der Waals surface area (Å²) in [7, 11) is 0. The summed E-state index contributed by atoms with van der Waals surface area (Å²) in [4.78, 5) is 16.2. The molecule has 0 saturated carbocycles. The van der Waals surface area contributed by atoms with Gasteiger partial charge >= 0.3 is 0 Å². The van der Waals surface area contributed by atoms with Gasteiger partial charge < -0.3 is 4.52 Å². The summed E-state index contributed by atoms with van der Waals surface area (Å²) in [5.41, 5.74) is 2.48. The summed E-state index contributed by atoms with van der Waals surface area (Å²) in [6.45, 7) is 4.11. The van der Waals surface area contributed by atoms with E-state index in [1.807, 2.05) is 44.2 Å². The van der Waals surface area contributed by atoms with Gasteiger partial charge in [-0.1, -0.05) is 42.4 Å². The summed E-state index contributed by atoms with van der Waals surface area (Å²) >= 11 is 0. The van der Waals surface area contributed by atoms with Crippen LogP contribution in [0.5, 0.6) is 0 Å². The van der Waals surface area contributed by atoms with Gasteiger partial charge in [-0.05, 0) is 12.5 Å². The predicted molar refractivity (Wildman–Crippen MR) is 84.5 cm³/mol. The Morgan fingerprint density at radius 3 is 2.83 bits per heavy atom. The van der Waals surface area contributed by atoms with Crippen molar-refractivity contribution in [2.75, 3.05) is 5.32 Å². The number of anilines is 1. The Morgan fingerprint density at radius 2 is 2.13 bits per heavy atom. The van der Waals surface area contributed by atoms with E-state index in [0.29, 0.717) is 12.4 Å². The number of aryl methyl sites for hydroxylation is 1. The first kappa shape index (κ1) is 15.0. The van der Waals surface area contributed by atoms with Crippen LogP contribution in [0.3, 0.4) is 0 Å². The first-order valence-electron chi connectivity index (χ1n) is 7.30. The Hall–Kier alpha value is -2.96. The number of carbonyl (C=O) groups is 1. The monoisotopic (exact) mass is 311 g/mol. The summed E-state index contributed by atoms with van der Waals surface area (Å²) in [6.07, 6.45) is 3.02. The quantitative estimate of drug-likeness (QED) is 0.782.